The standard InChI is InChI=1S/C22H17ClN4O3/c23-16-8-5-15(6-9-16)19-13-24-21(30-19)12-11-20(28)26-27-22(29)18-10-7-14-3-1-2-4-17(14)25-18/h1-10,13H,11-12H2,(H,26,28)(H,27,29). The summed E-state index contributed by atoms with van der Waals surface area (Å²) in [7, 11) is 0. The highest BCUT2D eigenvalue weighted by atomic mass is 35.5. The first kappa shape index (κ1) is 19.6. The number of hydrazine groups is 1. The van der Waals surface area contributed by atoms with E-state index in [1.54, 1.807) is 30.5 Å². The van der Waals surface area contributed by atoms with Crippen LogP contribution in [0.1, 0.15) is 22.8 Å². The van der Waals surface area contributed by atoms with Gasteiger partial charge in [-0.2, -0.15) is 0 Å². The number of fused-ring (bicyclic) bond motifs is 1. The number of pyridine rings is 1. The zero-order valence-electron chi connectivity index (χ0n) is 15.8. The molecule has 0 bridgehead atoms. The molecular weight excluding hydrogens is 404 g/mol. The number of nitrogens with zero attached hydrogens (tertiary/aromatic N) is 2. The molecule has 0 aliphatic heterocycles. The number of hydrogen-bond donors (Lipinski definition) is 2. The van der Waals surface area contributed by atoms with Crippen molar-refractivity contribution in [1.82, 2.24) is 20.8 Å². The van der Waals surface area contributed by atoms with E-state index >= 15 is 0 Å². The largest absolute Gasteiger partial charge is 0.441 e. The maximum Gasteiger partial charge on any atom is 0.288 e. The van der Waals surface area contributed by atoms with Crippen LogP contribution < -0.4 is 10.9 Å². The summed E-state index contributed by atoms with van der Waals surface area (Å²) in [6.45, 7) is 0. The highest BCUT2D eigenvalue weighted by Gasteiger charge is 2.12. The highest BCUT2D eigenvalue weighted by molar-refractivity contribution is 6.30. The molecule has 0 atom stereocenters. The molecule has 0 saturated heterocycles. The van der Waals surface area contributed by atoms with Crippen LogP contribution in [0.15, 0.2) is 71.3 Å². The van der Waals surface area contributed by atoms with E-state index in [0.717, 1.165) is 10.9 Å². The van der Waals surface area contributed by atoms with E-state index < -0.39 is 5.91 Å². The second-order valence-electron chi connectivity index (χ2n) is 6.52. The van der Waals surface area contributed by atoms with Crippen LogP contribution in [0.5, 0.6) is 0 Å². The Balaban J connectivity index is 1.28. The lowest BCUT2D eigenvalue weighted by atomic mass is 10.2. The topological polar surface area (TPSA) is 97.1 Å². The second kappa shape index (κ2) is 8.75. The van der Waals surface area contributed by atoms with Crippen molar-refractivity contribution in [3.63, 3.8) is 0 Å². The third-order valence-electron chi connectivity index (χ3n) is 4.39. The lowest BCUT2D eigenvalue weighted by molar-refractivity contribution is -0.121. The van der Waals surface area contributed by atoms with Crippen LogP contribution in [0.4, 0.5) is 0 Å². The molecule has 2 heterocycles. The minimum Gasteiger partial charge on any atom is -0.441 e. The number of carbonyl (C=O) groups is 2. The normalized spacial score (nSPS) is 10.7. The number of amides is 2. The molecule has 2 aromatic carbocycles. The van der Waals surface area contributed by atoms with Gasteiger partial charge in [-0.3, -0.25) is 20.4 Å². The fourth-order valence-corrected chi connectivity index (χ4v) is 2.97. The summed E-state index contributed by atoms with van der Waals surface area (Å²) in [6, 6.07) is 18.1. The molecule has 8 heteroatoms. The molecule has 4 aromatic rings. The van der Waals surface area contributed by atoms with Gasteiger partial charge in [-0.1, -0.05) is 35.9 Å². The SMILES string of the molecule is O=C(CCc1ncc(-c2ccc(Cl)cc2)o1)NNC(=O)c1ccc2ccccc2n1. The molecule has 0 aliphatic carbocycles. The molecule has 2 amide bonds. The number of nitrogens with one attached hydrogen (secondary N) is 2. The zero-order valence-corrected chi connectivity index (χ0v) is 16.5. The number of aromatic nitrogens is 2. The molecule has 0 aliphatic rings. The van der Waals surface area contributed by atoms with Crippen molar-refractivity contribution >= 4 is 34.3 Å². The molecule has 0 spiro atoms. The van der Waals surface area contributed by atoms with Gasteiger partial charge >= 0.3 is 0 Å². The third kappa shape index (κ3) is 4.64. The van der Waals surface area contributed by atoms with Crippen LogP contribution >= 0.6 is 11.6 Å². The first-order valence-corrected chi connectivity index (χ1v) is 9.62. The average Bonchev–Trinajstić information content (AvgIpc) is 3.25. The quantitative estimate of drug-likeness (QED) is 0.477. The maximum atomic E-state index is 12.2. The summed E-state index contributed by atoms with van der Waals surface area (Å²) in [5.74, 6) is 0.168. The number of oxazole rings is 1. The fourth-order valence-electron chi connectivity index (χ4n) is 2.84. The number of halogens is 1. The van der Waals surface area contributed by atoms with Crippen molar-refractivity contribution in [3.05, 3.63) is 83.5 Å². The number of hydrogen-bond acceptors (Lipinski definition) is 5. The molecule has 0 fully saturated rings. The van der Waals surface area contributed by atoms with Gasteiger partial charge in [0.1, 0.15) is 5.69 Å². The Hall–Kier alpha value is -3.71. The van der Waals surface area contributed by atoms with Crippen LogP contribution in [0, 0.1) is 0 Å². The van der Waals surface area contributed by atoms with Crippen molar-refractivity contribution in [2.75, 3.05) is 0 Å². The van der Waals surface area contributed by atoms with Gasteiger partial charge in [0, 0.05) is 28.8 Å². The summed E-state index contributed by atoms with van der Waals surface area (Å²) >= 11 is 5.88. The van der Waals surface area contributed by atoms with Crippen LogP contribution in [0.25, 0.3) is 22.2 Å². The number of benzene rings is 2. The van der Waals surface area contributed by atoms with Crippen molar-refractivity contribution < 1.29 is 14.0 Å². The summed E-state index contributed by atoms with van der Waals surface area (Å²) in [5, 5.41) is 1.57. The van der Waals surface area contributed by atoms with Gasteiger partial charge in [0.25, 0.3) is 5.91 Å². The van der Waals surface area contributed by atoms with E-state index in [1.807, 2.05) is 36.4 Å². The van der Waals surface area contributed by atoms with Gasteiger partial charge in [-0.25, -0.2) is 9.97 Å². The first-order valence-electron chi connectivity index (χ1n) is 9.24. The smallest absolute Gasteiger partial charge is 0.288 e. The number of rotatable bonds is 5. The summed E-state index contributed by atoms with van der Waals surface area (Å²) in [4.78, 5) is 32.7. The Morgan fingerprint density at radius 2 is 1.77 bits per heavy atom. The summed E-state index contributed by atoms with van der Waals surface area (Å²) in [5.41, 5.74) is 6.52. The molecule has 0 radical (unpaired) electrons. The predicted molar refractivity (Wildman–Crippen MR) is 113 cm³/mol. The van der Waals surface area contributed by atoms with Crippen LogP contribution in [-0.4, -0.2) is 21.8 Å². The van der Waals surface area contributed by atoms with Gasteiger partial charge in [-0.15, -0.1) is 0 Å². The molecule has 0 unspecified atom stereocenters. The zero-order chi connectivity index (χ0) is 20.9. The second-order valence-corrected chi connectivity index (χ2v) is 6.95. The molecule has 4 rings (SSSR count). The molecule has 2 N–H and O–H groups in total. The van der Waals surface area contributed by atoms with E-state index in [2.05, 4.69) is 20.8 Å². The van der Waals surface area contributed by atoms with Gasteiger partial charge in [0.15, 0.2) is 11.7 Å². The van der Waals surface area contributed by atoms with E-state index in [-0.39, 0.29) is 18.0 Å². The van der Waals surface area contributed by atoms with Gasteiger partial charge < -0.3 is 4.42 Å². The number of para-hydroxylation sites is 1. The Kier molecular flexibility index (Phi) is 5.72. The Morgan fingerprint density at radius 1 is 0.967 bits per heavy atom. The van der Waals surface area contributed by atoms with E-state index in [4.69, 9.17) is 16.0 Å². The van der Waals surface area contributed by atoms with Gasteiger partial charge in [-0.05, 0) is 36.4 Å². The van der Waals surface area contributed by atoms with Crippen LogP contribution in [0.2, 0.25) is 5.02 Å². The number of carbonyl (C=O) groups excluding carboxylic acids is 2. The lowest BCUT2D eigenvalue weighted by Gasteiger charge is -2.07. The molecule has 150 valence electrons. The monoisotopic (exact) mass is 420 g/mol. The van der Waals surface area contributed by atoms with Crippen LogP contribution in [0.3, 0.4) is 0 Å². The molecular formula is C22H17ClN4O3. The van der Waals surface area contributed by atoms with Gasteiger partial charge in [0.05, 0.1) is 11.7 Å². The molecule has 0 saturated carbocycles. The Labute approximate surface area is 177 Å². The maximum absolute atomic E-state index is 12.2. The summed E-state index contributed by atoms with van der Waals surface area (Å²) < 4.78 is 5.66. The fraction of sp³-hybridized carbons (Fsp3) is 0.0909. The van der Waals surface area contributed by atoms with Crippen molar-refractivity contribution in [2.24, 2.45) is 0 Å². The Morgan fingerprint density at radius 3 is 2.60 bits per heavy atom. The Bertz CT molecular complexity index is 1200. The molecule has 7 nitrogen and oxygen atoms in total. The highest BCUT2D eigenvalue weighted by Crippen LogP contribution is 2.22. The van der Waals surface area contributed by atoms with E-state index in [9.17, 15) is 9.59 Å². The predicted octanol–water partition coefficient (Wildman–Crippen LogP) is 3.94. The molecule has 30 heavy (non-hydrogen) atoms. The summed E-state index contributed by atoms with van der Waals surface area (Å²) in [6.07, 6.45) is 2.00. The molecule has 2 aromatic heterocycles. The minimum atomic E-state index is -0.491. The van der Waals surface area contributed by atoms with Gasteiger partial charge in [0.2, 0.25) is 5.91 Å². The number of aryl methyl sites for hydroxylation is 1. The van der Waals surface area contributed by atoms with Crippen LogP contribution in [-0.2, 0) is 11.2 Å². The lowest BCUT2D eigenvalue weighted by Crippen LogP contribution is -2.42. The van der Waals surface area contributed by atoms with E-state index in [1.165, 1.54) is 0 Å². The average molecular weight is 421 g/mol. The third-order valence-corrected chi connectivity index (χ3v) is 4.65. The first-order chi connectivity index (χ1) is 14.6. The van der Waals surface area contributed by atoms with E-state index in [0.29, 0.717) is 28.6 Å². The van der Waals surface area contributed by atoms with Crippen molar-refractivity contribution in [1.29, 1.82) is 0 Å². The minimum absolute atomic E-state index is 0.103. The van der Waals surface area contributed by atoms with Crippen molar-refractivity contribution in [3.8, 4) is 11.3 Å². The van der Waals surface area contributed by atoms with Crippen molar-refractivity contribution in [2.45, 2.75) is 12.8 Å².